The summed E-state index contributed by atoms with van der Waals surface area (Å²) in [4.78, 5) is 51.4. The van der Waals surface area contributed by atoms with Crippen LogP contribution in [0.4, 0.5) is 20.4 Å². The Morgan fingerprint density at radius 3 is 2.32 bits per heavy atom. The summed E-state index contributed by atoms with van der Waals surface area (Å²) in [6, 6.07) is 16.1. The number of nitrogens with zero attached hydrogens (tertiary/aromatic N) is 9. The van der Waals surface area contributed by atoms with Crippen LogP contribution in [-0.2, 0) is 16.0 Å². The second-order valence-corrected chi connectivity index (χ2v) is 23.3. The van der Waals surface area contributed by atoms with Crippen LogP contribution in [0.1, 0.15) is 114 Å². The third kappa shape index (κ3) is 12.8. The fourth-order valence-electron chi connectivity index (χ4n) is 12.5. The van der Waals surface area contributed by atoms with Gasteiger partial charge < -0.3 is 39.7 Å². The Kier molecular flexibility index (Phi) is 18.6. The molecule has 2 amide bonds. The Balaban J connectivity index is 0.000000232. The Bertz CT molecular complexity index is 3380. The molecule has 5 aliphatic heterocycles. The molecule has 3 N–H and O–H groups in total. The molecule has 5 fully saturated rings. The van der Waals surface area contributed by atoms with Crippen LogP contribution in [0.3, 0.4) is 0 Å². The van der Waals surface area contributed by atoms with E-state index in [1.54, 1.807) is 22.4 Å². The molecule has 5 saturated heterocycles. The molecule has 4 aromatic heterocycles. The summed E-state index contributed by atoms with van der Waals surface area (Å²) in [5.41, 5.74) is 5.17. The third-order valence-electron chi connectivity index (χ3n) is 16.8. The number of hydrogen-bond acceptors (Lipinski definition) is 15. The molecule has 0 aliphatic carbocycles. The van der Waals surface area contributed by atoms with Crippen LogP contribution in [0.2, 0.25) is 0 Å². The maximum Gasteiger partial charge on any atom is 0.319 e. The summed E-state index contributed by atoms with van der Waals surface area (Å²) in [6.45, 7) is 17.5. The number of benzene rings is 3. The highest BCUT2D eigenvalue weighted by Crippen LogP contribution is 2.40. The van der Waals surface area contributed by atoms with Crippen molar-refractivity contribution in [2.75, 3.05) is 68.8 Å². The first-order valence-corrected chi connectivity index (χ1v) is 30.1. The molecule has 5 aliphatic rings. The van der Waals surface area contributed by atoms with Crippen LogP contribution in [0.5, 0.6) is 11.8 Å². The van der Waals surface area contributed by atoms with Gasteiger partial charge in [0.15, 0.2) is 11.6 Å². The summed E-state index contributed by atoms with van der Waals surface area (Å²) in [6.07, 6.45) is 18.6. The molecule has 4 atom stereocenters. The fraction of sp³-hybridized carbons (Fsp3) is 0.476. The summed E-state index contributed by atoms with van der Waals surface area (Å²) >= 11 is 1.63. The Morgan fingerprint density at radius 1 is 0.939 bits per heavy atom. The number of amides is 2. The number of aryl methyl sites for hydroxylation is 2. The highest BCUT2D eigenvalue weighted by atomic mass is 32.1. The number of hydrogen-bond donors (Lipinski definition) is 3. The van der Waals surface area contributed by atoms with Crippen molar-refractivity contribution in [2.24, 2.45) is 11.8 Å². The van der Waals surface area contributed by atoms with Crippen LogP contribution in [-0.4, -0.2) is 129 Å². The van der Waals surface area contributed by atoms with Crippen molar-refractivity contribution in [3.63, 3.8) is 0 Å². The van der Waals surface area contributed by atoms with E-state index in [2.05, 4.69) is 90.3 Å². The van der Waals surface area contributed by atoms with E-state index in [9.17, 15) is 19.1 Å². The molecule has 7 aromatic rings. The SMILES string of the molecule is C#Cc1c(F)ccc2cc(O)cc(-c3ncc4c(N5CC6CCC(C5)N6)nc(OCCN5CCC(C6CCN(c7cc(CC)on7)CC6)CC5)nc4c3F)c12.CCC.Cc1ncsc1-c1ccc(C(C)NC(=O)C2CCCN2C=O)cc1. The fourth-order valence-corrected chi connectivity index (χ4v) is 13.3. The molecule has 16 nitrogen and oxygen atoms in total. The van der Waals surface area contributed by atoms with E-state index in [4.69, 9.17) is 20.7 Å². The van der Waals surface area contributed by atoms with Crippen molar-refractivity contribution >= 4 is 57.0 Å². The van der Waals surface area contributed by atoms with E-state index in [0.29, 0.717) is 59.7 Å². The first-order valence-electron chi connectivity index (χ1n) is 29.2. The molecule has 0 saturated carbocycles. The number of nitrogens with one attached hydrogen (secondary N) is 2. The number of carbonyl (C=O) groups excluding carboxylic acids is 2. The molecule has 432 valence electrons. The van der Waals surface area contributed by atoms with Gasteiger partial charge in [-0.1, -0.05) is 68.6 Å². The van der Waals surface area contributed by atoms with E-state index >= 15 is 4.39 Å². The zero-order valence-electron chi connectivity index (χ0n) is 47.7. The lowest BCUT2D eigenvalue weighted by Crippen LogP contribution is -2.51. The molecule has 12 rings (SSSR count). The first-order chi connectivity index (χ1) is 39.9. The number of halogens is 2. The molecule has 4 unspecified atom stereocenters. The number of likely N-dealkylation sites (tertiary alicyclic amines) is 2. The topological polar surface area (TPSA) is 178 Å². The lowest BCUT2D eigenvalue weighted by molar-refractivity contribution is -0.131. The molecule has 3 aromatic carbocycles. The largest absolute Gasteiger partial charge is 0.508 e. The van der Waals surface area contributed by atoms with Crippen LogP contribution in [0.15, 0.2) is 70.8 Å². The lowest BCUT2D eigenvalue weighted by atomic mass is 9.79. The van der Waals surface area contributed by atoms with Gasteiger partial charge in [-0.15, -0.1) is 17.8 Å². The maximum atomic E-state index is 16.9. The monoisotopic (exact) mass is 1140 g/mol. The maximum absolute atomic E-state index is 16.9. The van der Waals surface area contributed by atoms with Gasteiger partial charge in [0.1, 0.15) is 47.0 Å². The van der Waals surface area contributed by atoms with E-state index in [0.717, 1.165) is 125 Å². The number of anilines is 2. The number of ether oxygens (including phenoxy) is 1. The first kappa shape index (κ1) is 57.9. The standard InChI is InChI=1S/C42H46F2N8O3.C18H21N3O2S.C3H8/c1-3-31-21-36(49-55-31)51-15-11-26(12-16-51)25-9-13-50(14-10-25)17-18-54-42-47-40-34(41(48-42)52-23-28-6-7-29(24-52)46-28)22-45-39(38(40)44)33-20-30(53)19-27-5-8-35(43)32(4-2)37(27)33;1-12(20-18(23)16-4-3-9-21(16)11-22)14-5-7-15(8-6-14)17-13(2)19-10-24-17;1-3-2/h2,5,8,19-22,25-26,28-29,46,53H,3,6-7,9-18,23-24H2,1H3;5-8,10-12,16H,3-4,9H2,1-2H3,(H,20,23);3H2,1-2H3. The number of fused-ring (bicyclic) bond motifs is 4. The minimum absolute atomic E-state index is 0.0275. The number of aromatic nitrogens is 5. The van der Waals surface area contributed by atoms with Gasteiger partial charge in [-0.25, -0.2) is 13.8 Å². The molecule has 0 spiro atoms. The summed E-state index contributed by atoms with van der Waals surface area (Å²) in [5, 5.41) is 22.8. The number of pyridine rings is 1. The summed E-state index contributed by atoms with van der Waals surface area (Å²) in [7, 11) is 0. The zero-order chi connectivity index (χ0) is 57.4. The number of piperazine rings is 1. The van der Waals surface area contributed by atoms with Crippen molar-refractivity contribution < 1.29 is 32.7 Å². The number of thiazole rings is 1. The van der Waals surface area contributed by atoms with Gasteiger partial charge in [0.25, 0.3) is 0 Å². The summed E-state index contributed by atoms with van der Waals surface area (Å²) in [5.74, 6) is 4.79. The number of rotatable bonds is 14. The smallest absolute Gasteiger partial charge is 0.319 e. The normalized spacial score (nSPS) is 19.8. The highest BCUT2D eigenvalue weighted by Gasteiger charge is 2.36. The minimum atomic E-state index is -0.720. The van der Waals surface area contributed by atoms with Crippen molar-refractivity contribution in [2.45, 2.75) is 123 Å². The number of aromatic hydroxyl groups is 1. The predicted octanol–water partition coefficient (Wildman–Crippen LogP) is 10.6. The second-order valence-electron chi connectivity index (χ2n) is 22.4. The number of phenolic OH excluding ortho intramolecular Hbond substituents is 1. The van der Waals surface area contributed by atoms with Gasteiger partial charge in [-0.05, 0) is 125 Å². The molecule has 82 heavy (non-hydrogen) atoms. The average molecular weight is 1140 g/mol. The molecular weight excluding hydrogens is 1060 g/mol. The van der Waals surface area contributed by atoms with Gasteiger partial charge in [0, 0.05) is 81.0 Å². The third-order valence-corrected chi connectivity index (χ3v) is 17.8. The van der Waals surface area contributed by atoms with Gasteiger partial charge in [-0.3, -0.25) is 19.5 Å². The lowest BCUT2D eigenvalue weighted by Gasteiger charge is -2.40. The molecule has 0 radical (unpaired) electrons. The predicted molar refractivity (Wildman–Crippen MR) is 318 cm³/mol. The number of piperidine rings is 2. The summed E-state index contributed by atoms with van der Waals surface area (Å²) < 4.78 is 43.5. The van der Waals surface area contributed by atoms with Gasteiger partial charge >= 0.3 is 6.01 Å². The number of terminal acetylenes is 1. The van der Waals surface area contributed by atoms with E-state index < -0.39 is 11.6 Å². The average Bonchev–Trinajstić information content (AvgIpc) is 4.24. The van der Waals surface area contributed by atoms with Crippen molar-refractivity contribution in [1.29, 1.82) is 0 Å². The van der Waals surface area contributed by atoms with Crippen LogP contribution in [0, 0.1) is 42.7 Å². The quantitative estimate of drug-likeness (QED) is 0.0692. The van der Waals surface area contributed by atoms with Gasteiger partial charge in [0.05, 0.1) is 33.1 Å². The van der Waals surface area contributed by atoms with E-state index in [1.165, 1.54) is 48.4 Å². The highest BCUT2D eigenvalue weighted by molar-refractivity contribution is 7.13. The molecule has 19 heteroatoms. The molecule has 2 bridgehead atoms. The second kappa shape index (κ2) is 26.3. The van der Waals surface area contributed by atoms with Gasteiger partial charge in [-0.2, -0.15) is 9.97 Å². The molecular formula is C63H75F2N11O5S. The van der Waals surface area contributed by atoms with Crippen LogP contribution >= 0.6 is 11.3 Å². The van der Waals surface area contributed by atoms with Crippen molar-refractivity contribution in [3.05, 3.63) is 101 Å². The number of phenols is 1. The van der Waals surface area contributed by atoms with Crippen LogP contribution < -0.4 is 25.2 Å². The minimum Gasteiger partial charge on any atom is -0.508 e. The molecule has 9 heterocycles. The Labute approximate surface area is 483 Å². The van der Waals surface area contributed by atoms with Crippen molar-refractivity contribution in [1.82, 2.24) is 45.5 Å². The zero-order valence-corrected chi connectivity index (χ0v) is 48.5. The van der Waals surface area contributed by atoms with E-state index in [1.807, 2.05) is 31.5 Å². The van der Waals surface area contributed by atoms with Crippen molar-refractivity contribution in [3.8, 4) is 45.8 Å². The Hall–Kier alpha value is -7.27. The van der Waals surface area contributed by atoms with E-state index in [-0.39, 0.29) is 52.1 Å². The van der Waals surface area contributed by atoms with Crippen LogP contribution in [0.25, 0.3) is 43.4 Å². The Morgan fingerprint density at radius 2 is 1.66 bits per heavy atom. The number of carbonyl (C=O) groups is 2. The van der Waals surface area contributed by atoms with Gasteiger partial charge in [0.2, 0.25) is 12.3 Å².